The molecule has 0 aliphatic heterocycles. The Morgan fingerprint density at radius 1 is 1.32 bits per heavy atom. The van der Waals surface area contributed by atoms with E-state index in [2.05, 4.69) is 26.2 Å². The zero-order valence-electron chi connectivity index (χ0n) is 11.6. The van der Waals surface area contributed by atoms with Crippen molar-refractivity contribution < 1.29 is 9.21 Å². The van der Waals surface area contributed by atoms with Gasteiger partial charge in [-0.1, -0.05) is 28.1 Å². The summed E-state index contributed by atoms with van der Waals surface area (Å²) >= 11 is 4.99. The summed E-state index contributed by atoms with van der Waals surface area (Å²) in [5.41, 5.74) is 1.82. The van der Waals surface area contributed by atoms with Crippen LogP contribution >= 0.6 is 27.3 Å². The van der Waals surface area contributed by atoms with Crippen LogP contribution in [-0.2, 0) is 17.8 Å². The maximum absolute atomic E-state index is 11.9. The van der Waals surface area contributed by atoms with Crippen LogP contribution < -0.4 is 5.32 Å². The number of amides is 1. The van der Waals surface area contributed by atoms with E-state index in [-0.39, 0.29) is 12.3 Å². The van der Waals surface area contributed by atoms with Crippen molar-refractivity contribution in [1.82, 2.24) is 10.3 Å². The van der Waals surface area contributed by atoms with E-state index in [9.17, 15) is 4.79 Å². The van der Waals surface area contributed by atoms with Crippen molar-refractivity contribution in [2.75, 3.05) is 0 Å². The van der Waals surface area contributed by atoms with E-state index >= 15 is 0 Å². The molecule has 0 fully saturated rings. The molecule has 4 nitrogen and oxygen atoms in total. The molecule has 1 amide bonds. The standard InChI is InChI=1S/C16H13BrN2O2S/c17-12-4-1-3-11(7-12)16-19-13(10-22-16)8-15(20)18-9-14-5-2-6-21-14/h1-7,10H,8-9H2,(H,18,20). The van der Waals surface area contributed by atoms with Gasteiger partial charge in [0.15, 0.2) is 0 Å². The van der Waals surface area contributed by atoms with E-state index in [0.29, 0.717) is 6.54 Å². The number of rotatable bonds is 5. The van der Waals surface area contributed by atoms with Crippen LogP contribution in [-0.4, -0.2) is 10.9 Å². The number of carbonyl (C=O) groups is 1. The van der Waals surface area contributed by atoms with E-state index in [1.54, 1.807) is 12.3 Å². The van der Waals surface area contributed by atoms with Gasteiger partial charge in [0, 0.05) is 15.4 Å². The van der Waals surface area contributed by atoms with Crippen LogP contribution in [0.1, 0.15) is 11.5 Å². The SMILES string of the molecule is O=C(Cc1csc(-c2cccc(Br)c2)n1)NCc1ccco1. The molecule has 3 aromatic rings. The van der Waals surface area contributed by atoms with Crippen LogP contribution in [0.4, 0.5) is 0 Å². The lowest BCUT2D eigenvalue weighted by Crippen LogP contribution is -2.24. The van der Waals surface area contributed by atoms with Crippen molar-refractivity contribution in [1.29, 1.82) is 0 Å². The Morgan fingerprint density at radius 2 is 2.23 bits per heavy atom. The second kappa shape index (κ2) is 6.89. The van der Waals surface area contributed by atoms with Crippen LogP contribution in [0.5, 0.6) is 0 Å². The van der Waals surface area contributed by atoms with E-state index in [0.717, 1.165) is 26.5 Å². The van der Waals surface area contributed by atoms with Crippen LogP contribution in [0.15, 0.2) is 56.9 Å². The summed E-state index contributed by atoms with van der Waals surface area (Å²) in [6.45, 7) is 0.397. The second-order valence-electron chi connectivity index (χ2n) is 4.69. The highest BCUT2D eigenvalue weighted by atomic mass is 79.9. The second-order valence-corrected chi connectivity index (χ2v) is 6.46. The van der Waals surface area contributed by atoms with Gasteiger partial charge in [0.05, 0.1) is 24.9 Å². The van der Waals surface area contributed by atoms with Gasteiger partial charge in [-0.25, -0.2) is 4.98 Å². The molecule has 112 valence electrons. The average molecular weight is 377 g/mol. The lowest BCUT2D eigenvalue weighted by atomic mass is 10.2. The van der Waals surface area contributed by atoms with Crippen LogP contribution in [0.2, 0.25) is 0 Å². The quantitative estimate of drug-likeness (QED) is 0.731. The Labute approximate surface area is 140 Å². The van der Waals surface area contributed by atoms with Gasteiger partial charge in [-0.15, -0.1) is 11.3 Å². The number of halogens is 1. The molecule has 3 rings (SSSR count). The zero-order chi connectivity index (χ0) is 15.4. The van der Waals surface area contributed by atoms with E-state index in [1.807, 2.05) is 35.7 Å². The predicted octanol–water partition coefficient (Wildman–Crippen LogP) is 4.02. The van der Waals surface area contributed by atoms with Crippen molar-refractivity contribution in [2.24, 2.45) is 0 Å². The Bertz CT molecular complexity index is 768. The van der Waals surface area contributed by atoms with Crippen molar-refractivity contribution in [3.63, 3.8) is 0 Å². The summed E-state index contributed by atoms with van der Waals surface area (Å²) in [5.74, 6) is 0.670. The summed E-state index contributed by atoms with van der Waals surface area (Å²) in [5, 5.41) is 5.65. The zero-order valence-corrected chi connectivity index (χ0v) is 14.0. The molecule has 0 bridgehead atoms. The van der Waals surface area contributed by atoms with Gasteiger partial charge in [0.1, 0.15) is 10.8 Å². The molecule has 0 saturated heterocycles. The number of carbonyl (C=O) groups excluding carboxylic acids is 1. The molecule has 0 aliphatic carbocycles. The summed E-state index contributed by atoms with van der Waals surface area (Å²) in [6, 6.07) is 11.6. The molecule has 2 heterocycles. The molecule has 0 saturated carbocycles. The number of aromatic nitrogens is 1. The van der Waals surface area contributed by atoms with Gasteiger partial charge >= 0.3 is 0 Å². The highest BCUT2D eigenvalue weighted by Crippen LogP contribution is 2.26. The fourth-order valence-corrected chi connectivity index (χ4v) is 3.18. The largest absolute Gasteiger partial charge is 0.467 e. The maximum atomic E-state index is 11.9. The summed E-state index contributed by atoms with van der Waals surface area (Å²) < 4.78 is 6.19. The van der Waals surface area contributed by atoms with E-state index < -0.39 is 0 Å². The number of furan rings is 1. The van der Waals surface area contributed by atoms with Gasteiger partial charge in [0.25, 0.3) is 0 Å². The topological polar surface area (TPSA) is 55.1 Å². The van der Waals surface area contributed by atoms with Gasteiger partial charge in [-0.3, -0.25) is 4.79 Å². The fourth-order valence-electron chi connectivity index (χ4n) is 1.97. The minimum atomic E-state index is -0.0671. The Balaban J connectivity index is 1.60. The van der Waals surface area contributed by atoms with Crippen molar-refractivity contribution in [3.05, 3.63) is 64.0 Å². The molecule has 1 aromatic carbocycles. The third-order valence-corrected chi connectivity index (χ3v) is 4.44. The van der Waals surface area contributed by atoms with Crippen molar-refractivity contribution in [3.8, 4) is 10.6 Å². The van der Waals surface area contributed by atoms with Crippen molar-refractivity contribution in [2.45, 2.75) is 13.0 Å². The average Bonchev–Trinajstić information content (AvgIpc) is 3.16. The molecule has 1 N–H and O–H groups in total. The third kappa shape index (κ3) is 3.84. The monoisotopic (exact) mass is 376 g/mol. The van der Waals surface area contributed by atoms with Gasteiger partial charge < -0.3 is 9.73 Å². The summed E-state index contributed by atoms with van der Waals surface area (Å²) in [4.78, 5) is 16.4. The minimum Gasteiger partial charge on any atom is -0.467 e. The fraction of sp³-hybridized carbons (Fsp3) is 0.125. The smallest absolute Gasteiger partial charge is 0.226 e. The minimum absolute atomic E-state index is 0.0671. The molecule has 0 spiro atoms. The Morgan fingerprint density at radius 3 is 3.00 bits per heavy atom. The number of hydrogen-bond donors (Lipinski definition) is 1. The molecule has 2 aromatic heterocycles. The molecule has 6 heteroatoms. The lowest BCUT2D eigenvalue weighted by molar-refractivity contribution is -0.120. The Kier molecular flexibility index (Phi) is 4.70. The van der Waals surface area contributed by atoms with Crippen LogP contribution in [0.3, 0.4) is 0 Å². The third-order valence-electron chi connectivity index (χ3n) is 3.00. The predicted molar refractivity (Wildman–Crippen MR) is 89.5 cm³/mol. The Hall–Kier alpha value is -1.92. The maximum Gasteiger partial charge on any atom is 0.226 e. The molecular weight excluding hydrogens is 364 g/mol. The summed E-state index contributed by atoms with van der Waals surface area (Å²) in [7, 11) is 0. The van der Waals surface area contributed by atoms with Crippen molar-refractivity contribution >= 4 is 33.2 Å². The summed E-state index contributed by atoms with van der Waals surface area (Å²) in [6.07, 6.45) is 1.86. The number of nitrogens with zero attached hydrogens (tertiary/aromatic N) is 1. The molecule has 22 heavy (non-hydrogen) atoms. The highest BCUT2D eigenvalue weighted by molar-refractivity contribution is 9.10. The number of hydrogen-bond acceptors (Lipinski definition) is 4. The van der Waals surface area contributed by atoms with E-state index in [1.165, 1.54) is 11.3 Å². The molecule has 0 aliphatic rings. The first-order chi connectivity index (χ1) is 10.7. The molecule has 0 atom stereocenters. The van der Waals surface area contributed by atoms with E-state index in [4.69, 9.17) is 4.42 Å². The number of nitrogens with one attached hydrogen (secondary N) is 1. The lowest BCUT2D eigenvalue weighted by Gasteiger charge is -2.01. The van der Waals surface area contributed by atoms with Crippen LogP contribution in [0, 0.1) is 0 Å². The molecule has 0 radical (unpaired) electrons. The number of benzene rings is 1. The first-order valence-electron chi connectivity index (χ1n) is 6.70. The first-order valence-corrected chi connectivity index (χ1v) is 8.37. The molecular formula is C16H13BrN2O2S. The number of thiazole rings is 1. The first kappa shape index (κ1) is 15.0. The van der Waals surface area contributed by atoms with Gasteiger partial charge in [-0.05, 0) is 24.3 Å². The van der Waals surface area contributed by atoms with Gasteiger partial charge in [-0.2, -0.15) is 0 Å². The van der Waals surface area contributed by atoms with Gasteiger partial charge in [0.2, 0.25) is 5.91 Å². The van der Waals surface area contributed by atoms with Crippen LogP contribution in [0.25, 0.3) is 10.6 Å². The highest BCUT2D eigenvalue weighted by Gasteiger charge is 2.09. The normalized spacial score (nSPS) is 10.6. The molecule has 0 unspecified atom stereocenters.